The first-order valence-corrected chi connectivity index (χ1v) is 9.79. The summed E-state index contributed by atoms with van der Waals surface area (Å²) in [4.78, 5) is 13.2. The number of carbonyl (C=O) groups is 1. The van der Waals surface area contributed by atoms with Crippen molar-refractivity contribution < 1.29 is 4.79 Å². The first-order chi connectivity index (χ1) is 12.8. The van der Waals surface area contributed by atoms with Gasteiger partial charge in [-0.25, -0.2) is 4.68 Å². The van der Waals surface area contributed by atoms with Crippen molar-refractivity contribution in [3.63, 3.8) is 0 Å². The van der Waals surface area contributed by atoms with E-state index in [1.54, 1.807) is 0 Å². The molecular formula is C20H20N4OS. The molecule has 5 nitrogen and oxygen atoms in total. The molecule has 0 aliphatic heterocycles. The van der Waals surface area contributed by atoms with Gasteiger partial charge in [0.2, 0.25) is 5.16 Å². The van der Waals surface area contributed by atoms with E-state index < -0.39 is 0 Å². The second kappa shape index (κ2) is 7.83. The van der Waals surface area contributed by atoms with Crippen molar-refractivity contribution in [1.29, 1.82) is 0 Å². The number of hydrogen-bond donors (Lipinski definition) is 0. The Kier molecular flexibility index (Phi) is 5.11. The Balaban J connectivity index is 1.66. The molecule has 26 heavy (non-hydrogen) atoms. The summed E-state index contributed by atoms with van der Waals surface area (Å²) >= 11 is 1.44. The molecule has 1 heterocycles. The largest absolute Gasteiger partial charge is 0.293 e. The normalized spacial score (nSPS) is 15.8. The molecular weight excluding hydrogens is 344 g/mol. The lowest BCUT2D eigenvalue weighted by atomic mass is 10.0. The summed E-state index contributed by atoms with van der Waals surface area (Å²) in [5.41, 5.74) is 1.67. The predicted molar refractivity (Wildman–Crippen MR) is 101 cm³/mol. The maximum atomic E-state index is 13.2. The number of aromatic nitrogens is 4. The summed E-state index contributed by atoms with van der Waals surface area (Å²) in [6, 6.07) is 19.6. The molecule has 0 amide bonds. The highest BCUT2D eigenvalue weighted by Crippen LogP contribution is 2.39. The second-order valence-electron chi connectivity index (χ2n) is 6.48. The van der Waals surface area contributed by atoms with Crippen LogP contribution in [0, 0.1) is 0 Å². The van der Waals surface area contributed by atoms with Crippen molar-refractivity contribution >= 4 is 17.5 Å². The lowest BCUT2D eigenvalue weighted by Crippen LogP contribution is -2.13. The fourth-order valence-electron chi connectivity index (χ4n) is 3.40. The minimum atomic E-state index is -0.371. The monoisotopic (exact) mass is 364 g/mol. The number of Topliss-reactive ketones (excluding diaryl/α,β-unsaturated/α-hetero) is 1. The van der Waals surface area contributed by atoms with Crippen molar-refractivity contribution in [1.82, 2.24) is 20.2 Å². The van der Waals surface area contributed by atoms with Crippen molar-refractivity contribution in [2.45, 2.75) is 42.1 Å². The van der Waals surface area contributed by atoms with Gasteiger partial charge < -0.3 is 0 Å². The van der Waals surface area contributed by atoms with Gasteiger partial charge in [0.25, 0.3) is 0 Å². The first kappa shape index (κ1) is 17.0. The van der Waals surface area contributed by atoms with E-state index in [-0.39, 0.29) is 11.0 Å². The quantitative estimate of drug-likeness (QED) is 0.476. The predicted octanol–water partition coefficient (Wildman–Crippen LogP) is 4.50. The van der Waals surface area contributed by atoms with Crippen LogP contribution < -0.4 is 0 Å². The van der Waals surface area contributed by atoms with E-state index in [4.69, 9.17) is 0 Å². The van der Waals surface area contributed by atoms with Crippen LogP contribution in [0.4, 0.5) is 0 Å². The number of ketones is 1. The Morgan fingerprint density at radius 2 is 1.65 bits per heavy atom. The molecule has 0 N–H and O–H groups in total. The van der Waals surface area contributed by atoms with Gasteiger partial charge in [0.05, 0.1) is 6.04 Å². The Morgan fingerprint density at radius 1 is 1.00 bits per heavy atom. The maximum absolute atomic E-state index is 13.2. The Hall–Kier alpha value is -2.47. The molecule has 0 radical (unpaired) electrons. The van der Waals surface area contributed by atoms with Crippen LogP contribution in [0.1, 0.15) is 52.9 Å². The fraction of sp³-hybridized carbons (Fsp3) is 0.300. The van der Waals surface area contributed by atoms with Crippen LogP contribution in [0.25, 0.3) is 0 Å². The molecule has 0 saturated heterocycles. The summed E-state index contributed by atoms with van der Waals surface area (Å²) in [5, 5.41) is 12.6. The highest BCUT2D eigenvalue weighted by atomic mass is 32.2. The average Bonchev–Trinajstić information content (AvgIpc) is 3.38. The standard InChI is InChI=1S/C20H20N4OS/c25-18(15-9-3-1-4-10-15)19(16-11-5-2-6-12-16)26-20-21-22-23-24(20)17-13-7-8-14-17/h1-6,9-12,17,19H,7-8,13-14H2. The molecule has 4 rings (SSSR count). The molecule has 1 atom stereocenters. The van der Waals surface area contributed by atoms with Gasteiger partial charge in [-0.2, -0.15) is 0 Å². The van der Waals surface area contributed by atoms with Gasteiger partial charge in [-0.05, 0) is 28.8 Å². The number of hydrogen-bond acceptors (Lipinski definition) is 5. The maximum Gasteiger partial charge on any atom is 0.210 e. The molecule has 132 valence electrons. The van der Waals surface area contributed by atoms with Gasteiger partial charge in [-0.1, -0.05) is 85.3 Å². The zero-order valence-electron chi connectivity index (χ0n) is 14.4. The molecule has 6 heteroatoms. The van der Waals surface area contributed by atoms with E-state index in [0.29, 0.717) is 11.6 Å². The van der Waals surface area contributed by atoms with Crippen LogP contribution >= 0.6 is 11.8 Å². The zero-order valence-corrected chi connectivity index (χ0v) is 15.2. The summed E-state index contributed by atoms with van der Waals surface area (Å²) in [6.45, 7) is 0. The summed E-state index contributed by atoms with van der Waals surface area (Å²) in [6.07, 6.45) is 4.61. The van der Waals surface area contributed by atoms with Gasteiger partial charge in [0.15, 0.2) is 5.78 Å². The fourth-order valence-corrected chi connectivity index (χ4v) is 4.53. The van der Waals surface area contributed by atoms with Gasteiger partial charge in [0.1, 0.15) is 5.25 Å². The van der Waals surface area contributed by atoms with Crippen LogP contribution in [0.2, 0.25) is 0 Å². The number of carbonyl (C=O) groups excluding carboxylic acids is 1. The molecule has 0 spiro atoms. The van der Waals surface area contributed by atoms with E-state index in [2.05, 4.69) is 15.5 Å². The molecule has 3 aromatic rings. The summed E-state index contributed by atoms with van der Waals surface area (Å²) in [5.74, 6) is 0.0720. The van der Waals surface area contributed by atoms with Crippen LogP contribution in [0.5, 0.6) is 0 Å². The van der Waals surface area contributed by atoms with E-state index in [1.807, 2.05) is 65.3 Å². The smallest absolute Gasteiger partial charge is 0.210 e. The topological polar surface area (TPSA) is 60.7 Å². The van der Waals surface area contributed by atoms with E-state index >= 15 is 0 Å². The molecule has 1 aliphatic rings. The Bertz CT molecular complexity index is 860. The number of rotatable bonds is 6. The Morgan fingerprint density at radius 3 is 2.35 bits per heavy atom. The number of tetrazole rings is 1. The molecule has 0 bridgehead atoms. The van der Waals surface area contributed by atoms with Crippen molar-refractivity contribution in [2.75, 3.05) is 0 Å². The summed E-state index contributed by atoms with van der Waals surface area (Å²) in [7, 11) is 0. The minimum absolute atomic E-state index is 0.0720. The van der Waals surface area contributed by atoms with Crippen LogP contribution in [0.15, 0.2) is 65.8 Å². The van der Waals surface area contributed by atoms with E-state index in [1.165, 1.54) is 24.6 Å². The molecule has 1 fully saturated rings. The third-order valence-electron chi connectivity index (χ3n) is 4.76. The number of thioether (sulfide) groups is 1. The molecule has 1 aromatic heterocycles. The van der Waals surface area contributed by atoms with Crippen molar-refractivity contribution in [2.24, 2.45) is 0 Å². The third-order valence-corrected chi connectivity index (χ3v) is 5.96. The molecule has 1 unspecified atom stereocenters. The van der Waals surface area contributed by atoms with Crippen molar-refractivity contribution in [3.05, 3.63) is 71.8 Å². The van der Waals surface area contributed by atoms with Gasteiger partial charge in [-0.15, -0.1) is 5.10 Å². The average molecular weight is 364 g/mol. The Labute approximate surface area is 156 Å². The highest BCUT2D eigenvalue weighted by Gasteiger charge is 2.28. The number of benzene rings is 2. The lowest BCUT2D eigenvalue weighted by Gasteiger charge is -2.17. The van der Waals surface area contributed by atoms with Crippen LogP contribution in [-0.4, -0.2) is 26.0 Å². The number of nitrogens with zero attached hydrogens (tertiary/aromatic N) is 4. The molecule has 1 aliphatic carbocycles. The van der Waals surface area contributed by atoms with Gasteiger partial charge in [-0.3, -0.25) is 4.79 Å². The molecule has 1 saturated carbocycles. The van der Waals surface area contributed by atoms with E-state index in [0.717, 1.165) is 23.6 Å². The highest BCUT2D eigenvalue weighted by molar-refractivity contribution is 8.00. The van der Waals surface area contributed by atoms with E-state index in [9.17, 15) is 4.79 Å². The second-order valence-corrected chi connectivity index (χ2v) is 7.56. The summed E-state index contributed by atoms with van der Waals surface area (Å²) < 4.78 is 1.91. The van der Waals surface area contributed by atoms with Gasteiger partial charge in [0, 0.05) is 5.56 Å². The third kappa shape index (κ3) is 3.55. The SMILES string of the molecule is O=C(c1ccccc1)C(Sc1nnnn1C1CCCC1)c1ccccc1. The molecule has 2 aromatic carbocycles. The lowest BCUT2D eigenvalue weighted by molar-refractivity contribution is 0.0989. The first-order valence-electron chi connectivity index (χ1n) is 8.91. The van der Waals surface area contributed by atoms with Crippen molar-refractivity contribution in [3.8, 4) is 0 Å². The zero-order chi connectivity index (χ0) is 17.8. The van der Waals surface area contributed by atoms with Crippen LogP contribution in [0.3, 0.4) is 0 Å². The van der Waals surface area contributed by atoms with Gasteiger partial charge >= 0.3 is 0 Å². The minimum Gasteiger partial charge on any atom is -0.293 e. The van der Waals surface area contributed by atoms with Crippen LogP contribution in [-0.2, 0) is 0 Å².